The van der Waals surface area contributed by atoms with Gasteiger partial charge >= 0.3 is 11.4 Å². The van der Waals surface area contributed by atoms with Gasteiger partial charge in [0.05, 0.1) is 5.39 Å². The predicted molar refractivity (Wildman–Crippen MR) is 57.1 cm³/mol. The minimum atomic E-state index is -0.382. The topological polar surface area (TPSA) is 91.2 Å². The van der Waals surface area contributed by atoms with Crippen LogP contribution in [0.2, 0.25) is 0 Å². The van der Waals surface area contributed by atoms with Crippen LogP contribution in [-0.2, 0) is 5.41 Å². The molecule has 0 aromatic carbocycles. The molecule has 0 aliphatic heterocycles. The Balaban J connectivity index is 2.81. The predicted octanol–water partition coefficient (Wildman–Crippen LogP) is 1.20. The normalized spacial score (nSPS) is 11.6. The van der Waals surface area contributed by atoms with Crippen molar-refractivity contribution in [3.05, 3.63) is 27.1 Å². The Bertz CT molecular complexity index is 639. The van der Waals surface area contributed by atoms with E-state index in [0.29, 0.717) is 11.3 Å². The van der Waals surface area contributed by atoms with Gasteiger partial charge in [-0.2, -0.15) is 0 Å². The summed E-state index contributed by atoms with van der Waals surface area (Å²) in [6.07, 6.45) is 0. The maximum Gasteiger partial charge on any atom is 0.444 e. The zero-order chi connectivity index (χ0) is 11.9. The molecule has 0 aliphatic carbocycles. The lowest BCUT2D eigenvalue weighted by molar-refractivity contribution is 0.542. The van der Waals surface area contributed by atoms with Crippen LogP contribution in [0.25, 0.3) is 10.6 Å². The third-order valence-electron chi connectivity index (χ3n) is 2.20. The molecular weight excluding hydrogens is 208 g/mol. The summed E-state index contributed by atoms with van der Waals surface area (Å²) in [6, 6.07) is 1.43. The minimum absolute atomic E-state index is 0.164. The second-order valence-electron chi connectivity index (χ2n) is 4.54. The number of hydrogen-bond acceptors (Lipinski definition) is 4. The highest BCUT2D eigenvalue weighted by Crippen LogP contribution is 2.16. The van der Waals surface area contributed by atoms with Gasteiger partial charge in [0.1, 0.15) is 11.8 Å². The molecule has 2 aromatic heterocycles. The number of H-pyrrole nitrogens is 1. The van der Waals surface area contributed by atoms with Crippen molar-refractivity contribution in [1.29, 1.82) is 5.39 Å². The summed E-state index contributed by atoms with van der Waals surface area (Å²) in [5.41, 5.74) is 0.0157. The van der Waals surface area contributed by atoms with Crippen molar-refractivity contribution >= 4 is 11.5 Å². The van der Waals surface area contributed by atoms with E-state index < -0.39 is 0 Å². The Hall–Kier alpha value is -2.23. The van der Waals surface area contributed by atoms with Crippen LogP contribution in [0.3, 0.4) is 0 Å². The summed E-state index contributed by atoms with van der Waals surface area (Å²) < 4.78 is 1.21. The van der Waals surface area contributed by atoms with Crippen LogP contribution in [0.4, 0.5) is 5.82 Å². The van der Waals surface area contributed by atoms with E-state index in [0.717, 1.165) is 0 Å². The fraction of sp³-hybridized carbons (Fsp3) is 0.444. The number of fused-ring (bicyclic) bond motifs is 1. The Morgan fingerprint density at radius 2 is 2.12 bits per heavy atom. The summed E-state index contributed by atoms with van der Waals surface area (Å²) in [6.45, 7) is 5.64. The van der Waals surface area contributed by atoms with Crippen LogP contribution in [0.1, 0.15) is 26.5 Å². The van der Waals surface area contributed by atoms with Gasteiger partial charge in [-0.1, -0.05) is 20.8 Å². The molecule has 0 saturated carbocycles. The van der Waals surface area contributed by atoms with E-state index in [9.17, 15) is 4.79 Å². The molecule has 0 radical (unpaired) electrons. The molecule has 2 heterocycles. The summed E-state index contributed by atoms with van der Waals surface area (Å²) in [4.78, 5) is 15.0. The first-order valence-corrected chi connectivity index (χ1v) is 4.77. The summed E-state index contributed by atoms with van der Waals surface area (Å²) >= 11 is 0. The summed E-state index contributed by atoms with van der Waals surface area (Å²) in [5.74, 6) is 0.164. The van der Waals surface area contributed by atoms with E-state index in [4.69, 9.17) is 5.39 Å². The van der Waals surface area contributed by atoms with Crippen LogP contribution >= 0.6 is 0 Å². The zero-order valence-electron chi connectivity index (χ0n) is 9.22. The maximum absolute atomic E-state index is 12.0. The average molecular weight is 219 g/mol. The lowest BCUT2D eigenvalue weighted by atomic mass is 9.93. The molecule has 16 heavy (non-hydrogen) atoms. The minimum Gasteiger partial charge on any atom is -0.263 e. The molecule has 82 valence electrons. The summed E-state index contributed by atoms with van der Waals surface area (Å²) in [5, 5.41) is 19.0. The van der Waals surface area contributed by atoms with E-state index in [-0.39, 0.29) is 16.8 Å². The molecule has 0 bridgehead atoms. The fourth-order valence-electron chi connectivity index (χ4n) is 1.39. The van der Waals surface area contributed by atoms with E-state index in [2.05, 4.69) is 20.3 Å². The molecule has 0 aliphatic rings. The first kappa shape index (κ1) is 10.3. The first-order chi connectivity index (χ1) is 7.43. The Kier molecular flexibility index (Phi) is 2.01. The van der Waals surface area contributed by atoms with Gasteiger partial charge in [0.2, 0.25) is 5.65 Å². The van der Waals surface area contributed by atoms with Gasteiger partial charge < -0.3 is 0 Å². The van der Waals surface area contributed by atoms with Crippen molar-refractivity contribution < 1.29 is 0 Å². The molecule has 0 saturated heterocycles. The molecule has 2 aromatic rings. The Morgan fingerprint density at radius 3 is 2.69 bits per heavy atom. The smallest absolute Gasteiger partial charge is 0.263 e. The van der Waals surface area contributed by atoms with E-state index >= 15 is 0 Å². The van der Waals surface area contributed by atoms with Crippen molar-refractivity contribution in [1.82, 2.24) is 19.8 Å². The number of aromatic amines is 1. The van der Waals surface area contributed by atoms with E-state index in [1.165, 1.54) is 10.6 Å². The lowest BCUT2D eigenvalue weighted by Crippen LogP contribution is -2.30. The fourth-order valence-corrected chi connectivity index (χ4v) is 1.39. The molecular formula is C9H11N6O+. The van der Waals surface area contributed by atoms with Crippen LogP contribution in [-0.4, -0.2) is 19.8 Å². The van der Waals surface area contributed by atoms with Crippen LogP contribution in [0.15, 0.2) is 10.9 Å². The third-order valence-corrected chi connectivity index (χ3v) is 2.20. The van der Waals surface area contributed by atoms with Gasteiger partial charge in [-0.15, -0.1) is 19.8 Å². The number of rotatable bonds is 0. The third kappa shape index (κ3) is 1.44. The first-order valence-electron chi connectivity index (χ1n) is 4.77. The SMILES string of the molecule is CC(C)(C)c1nnc2cc([N+]#N)[nH]n2c1=O. The Labute approximate surface area is 90.7 Å². The average Bonchev–Trinajstić information content (AvgIpc) is 2.60. The van der Waals surface area contributed by atoms with Crippen molar-refractivity contribution in [3.8, 4) is 0 Å². The largest absolute Gasteiger partial charge is 0.444 e. The molecule has 1 N–H and O–H groups in total. The zero-order valence-corrected chi connectivity index (χ0v) is 9.22. The highest BCUT2D eigenvalue weighted by molar-refractivity contribution is 5.49. The van der Waals surface area contributed by atoms with Crippen molar-refractivity contribution in [2.24, 2.45) is 0 Å². The van der Waals surface area contributed by atoms with Crippen LogP contribution in [0, 0.1) is 5.39 Å². The van der Waals surface area contributed by atoms with E-state index in [1.54, 1.807) is 0 Å². The van der Waals surface area contributed by atoms with Gasteiger partial charge in [-0.25, -0.2) is 0 Å². The molecule has 0 unspecified atom stereocenters. The van der Waals surface area contributed by atoms with Gasteiger partial charge in [0.25, 0.3) is 0 Å². The number of aromatic nitrogens is 4. The lowest BCUT2D eigenvalue weighted by Gasteiger charge is -2.14. The number of diazo groups is 1. The summed E-state index contributed by atoms with van der Waals surface area (Å²) in [7, 11) is 0. The van der Waals surface area contributed by atoms with E-state index in [1.807, 2.05) is 20.8 Å². The second kappa shape index (κ2) is 3.13. The molecule has 7 nitrogen and oxygen atoms in total. The highest BCUT2D eigenvalue weighted by Gasteiger charge is 2.24. The molecule has 0 atom stereocenters. The second-order valence-corrected chi connectivity index (χ2v) is 4.54. The monoisotopic (exact) mass is 219 g/mol. The molecule has 0 spiro atoms. The maximum atomic E-state index is 12.0. The number of nitrogens with zero attached hydrogens (tertiary/aromatic N) is 5. The van der Waals surface area contributed by atoms with Gasteiger partial charge in [0, 0.05) is 10.4 Å². The molecule has 7 heteroatoms. The van der Waals surface area contributed by atoms with Gasteiger partial charge in [0.15, 0.2) is 0 Å². The number of nitrogens with one attached hydrogen (secondary N) is 1. The molecule has 0 amide bonds. The molecule has 2 rings (SSSR count). The van der Waals surface area contributed by atoms with Gasteiger partial charge in [-0.05, 0) is 0 Å². The standard InChI is InChI=1S/C9H10N6O/c1-9(2,3)7-8(16)15-6(12-13-7)4-5(11-10)14-15/h4H,1-3H3/p+1. The number of hydrogen-bond donors (Lipinski definition) is 1. The van der Waals surface area contributed by atoms with Gasteiger partial charge in [-0.3, -0.25) is 4.79 Å². The quantitative estimate of drug-likeness (QED) is 0.674. The molecule has 0 fully saturated rings. The van der Waals surface area contributed by atoms with Crippen molar-refractivity contribution in [2.45, 2.75) is 26.2 Å². The Morgan fingerprint density at radius 1 is 1.44 bits per heavy atom. The van der Waals surface area contributed by atoms with Crippen molar-refractivity contribution in [2.75, 3.05) is 0 Å². The highest BCUT2D eigenvalue weighted by atomic mass is 16.1. The van der Waals surface area contributed by atoms with Crippen LogP contribution < -0.4 is 5.56 Å². The van der Waals surface area contributed by atoms with Crippen molar-refractivity contribution in [3.63, 3.8) is 0 Å². The van der Waals surface area contributed by atoms with Crippen LogP contribution in [0.5, 0.6) is 0 Å².